The van der Waals surface area contributed by atoms with E-state index in [0.29, 0.717) is 23.6 Å². The topological polar surface area (TPSA) is 77.5 Å². The van der Waals surface area contributed by atoms with E-state index in [1.807, 2.05) is 31.2 Å². The van der Waals surface area contributed by atoms with Crippen molar-refractivity contribution in [3.63, 3.8) is 0 Å². The number of ether oxygens (including phenoxy) is 2. The number of aromatic nitrogens is 1. The first-order chi connectivity index (χ1) is 12.6. The Bertz CT molecular complexity index is 952. The zero-order chi connectivity index (χ0) is 18.5. The Balaban J connectivity index is 1.77. The van der Waals surface area contributed by atoms with Crippen LogP contribution in [0.2, 0.25) is 0 Å². The summed E-state index contributed by atoms with van der Waals surface area (Å²) in [7, 11) is 0. The molecule has 0 aliphatic carbocycles. The van der Waals surface area contributed by atoms with Gasteiger partial charge in [-0.3, -0.25) is 10.3 Å². The summed E-state index contributed by atoms with van der Waals surface area (Å²) in [6.45, 7) is 3.85. The standard InChI is InChI=1S/C20H18N2O4/c1-3-25-20(24)22-14-8-10-15(11-9-14)26-19(23)17-12-13(2)21-18-7-5-4-6-16(17)18/h4-12H,3H2,1-2H3,(H,22,24). The van der Waals surface area contributed by atoms with Gasteiger partial charge in [-0.1, -0.05) is 18.2 Å². The number of fused-ring (bicyclic) bond motifs is 1. The SMILES string of the molecule is CCOC(=O)Nc1ccc(OC(=O)c2cc(C)nc3ccccc23)cc1. The zero-order valence-electron chi connectivity index (χ0n) is 14.5. The van der Waals surface area contributed by atoms with Gasteiger partial charge in [0.25, 0.3) is 0 Å². The molecule has 26 heavy (non-hydrogen) atoms. The van der Waals surface area contributed by atoms with Crippen molar-refractivity contribution in [3.8, 4) is 5.75 Å². The number of benzene rings is 2. The lowest BCUT2D eigenvalue weighted by atomic mass is 10.1. The van der Waals surface area contributed by atoms with Gasteiger partial charge in [-0.2, -0.15) is 0 Å². The molecule has 1 heterocycles. The molecule has 2 aromatic carbocycles. The highest BCUT2D eigenvalue weighted by Crippen LogP contribution is 2.22. The van der Waals surface area contributed by atoms with Crippen molar-refractivity contribution in [1.29, 1.82) is 0 Å². The van der Waals surface area contributed by atoms with Gasteiger partial charge in [0.2, 0.25) is 0 Å². The molecule has 3 rings (SSSR count). The van der Waals surface area contributed by atoms with E-state index in [1.165, 1.54) is 0 Å². The lowest BCUT2D eigenvalue weighted by Gasteiger charge is -2.09. The molecule has 1 N–H and O–H groups in total. The van der Waals surface area contributed by atoms with Crippen LogP contribution in [0.1, 0.15) is 23.0 Å². The van der Waals surface area contributed by atoms with Crippen molar-refractivity contribution in [2.45, 2.75) is 13.8 Å². The Morgan fingerprint density at radius 1 is 1.08 bits per heavy atom. The number of nitrogens with zero attached hydrogens (tertiary/aromatic N) is 1. The van der Waals surface area contributed by atoms with Gasteiger partial charge in [-0.15, -0.1) is 0 Å². The molecule has 1 amide bonds. The van der Waals surface area contributed by atoms with E-state index in [2.05, 4.69) is 10.3 Å². The molecule has 0 unspecified atom stereocenters. The van der Waals surface area contributed by atoms with Crippen LogP contribution >= 0.6 is 0 Å². The van der Waals surface area contributed by atoms with Gasteiger partial charge >= 0.3 is 12.1 Å². The Kier molecular flexibility index (Phi) is 5.12. The van der Waals surface area contributed by atoms with Crippen LogP contribution in [0.5, 0.6) is 5.75 Å². The number of esters is 1. The number of carbonyl (C=O) groups is 2. The summed E-state index contributed by atoms with van der Waals surface area (Å²) in [6, 6.07) is 15.6. The summed E-state index contributed by atoms with van der Waals surface area (Å²) in [5, 5.41) is 3.32. The van der Waals surface area contributed by atoms with Crippen LogP contribution in [-0.2, 0) is 4.74 Å². The minimum atomic E-state index is -0.532. The van der Waals surface area contributed by atoms with E-state index in [9.17, 15) is 9.59 Å². The fourth-order valence-corrected chi connectivity index (χ4v) is 2.53. The van der Waals surface area contributed by atoms with Crippen LogP contribution in [0.25, 0.3) is 10.9 Å². The van der Waals surface area contributed by atoms with Crippen molar-refractivity contribution in [2.75, 3.05) is 11.9 Å². The van der Waals surface area contributed by atoms with Gasteiger partial charge in [0.15, 0.2) is 0 Å². The summed E-state index contributed by atoms with van der Waals surface area (Å²) in [6.07, 6.45) is -0.532. The lowest BCUT2D eigenvalue weighted by Crippen LogP contribution is -2.13. The number of rotatable bonds is 4. The van der Waals surface area contributed by atoms with Crippen molar-refractivity contribution in [2.24, 2.45) is 0 Å². The molecule has 1 aromatic heterocycles. The van der Waals surface area contributed by atoms with Crippen LogP contribution in [-0.4, -0.2) is 23.7 Å². The Morgan fingerprint density at radius 2 is 1.81 bits per heavy atom. The number of pyridine rings is 1. The summed E-state index contributed by atoms with van der Waals surface area (Å²) >= 11 is 0. The number of hydrogen-bond donors (Lipinski definition) is 1. The average molecular weight is 350 g/mol. The normalized spacial score (nSPS) is 10.4. The van der Waals surface area contributed by atoms with Gasteiger partial charge < -0.3 is 9.47 Å². The minimum absolute atomic E-state index is 0.292. The minimum Gasteiger partial charge on any atom is -0.450 e. The second-order valence-corrected chi connectivity index (χ2v) is 5.59. The van der Waals surface area contributed by atoms with Crippen LogP contribution in [0.4, 0.5) is 10.5 Å². The molecule has 132 valence electrons. The fraction of sp³-hybridized carbons (Fsp3) is 0.150. The number of hydrogen-bond acceptors (Lipinski definition) is 5. The molecule has 0 spiro atoms. The molecule has 0 saturated carbocycles. The van der Waals surface area contributed by atoms with E-state index in [-0.39, 0.29) is 0 Å². The summed E-state index contributed by atoms with van der Waals surface area (Å²) in [4.78, 5) is 28.4. The highest BCUT2D eigenvalue weighted by Gasteiger charge is 2.14. The number of aryl methyl sites for hydroxylation is 1. The van der Waals surface area contributed by atoms with Crippen LogP contribution in [0.3, 0.4) is 0 Å². The predicted octanol–water partition coefficient (Wildman–Crippen LogP) is 4.33. The maximum atomic E-state index is 12.6. The van der Waals surface area contributed by atoms with Gasteiger partial charge in [-0.05, 0) is 50.2 Å². The summed E-state index contributed by atoms with van der Waals surface area (Å²) in [5.74, 6) is -0.0826. The number of para-hydroxylation sites is 1. The van der Waals surface area contributed by atoms with Crippen LogP contribution in [0.15, 0.2) is 54.6 Å². The fourth-order valence-electron chi connectivity index (χ4n) is 2.53. The molecule has 3 aromatic rings. The molecule has 0 fully saturated rings. The Morgan fingerprint density at radius 3 is 2.54 bits per heavy atom. The van der Waals surface area contributed by atoms with Crippen molar-refractivity contribution < 1.29 is 19.1 Å². The van der Waals surface area contributed by atoms with Gasteiger partial charge in [0.1, 0.15) is 5.75 Å². The highest BCUT2D eigenvalue weighted by molar-refractivity contribution is 6.04. The Labute approximate surface area is 150 Å². The van der Waals surface area contributed by atoms with Crippen molar-refractivity contribution in [1.82, 2.24) is 4.98 Å². The number of carbonyl (C=O) groups excluding carboxylic acids is 2. The molecule has 6 heteroatoms. The molecular formula is C20H18N2O4. The first kappa shape index (κ1) is 17.4. The average Bonchev–Trinajstić information content (AvgIpc) is 2.62. The van der Waals surface area contributed by atoms with Crippen molar-refractivity contribution >= 4 is 28.7 Å². The largest absolute Gasteiger partial charge is 0.450 e. The maximum absolute atomic E-state index is 12.6. The quantitative estimate of drug-likeness (QED) is 0.560. The van der Waals surface area contributed by atoms with Gasteiger partial charge in [0, 0.05) is 16.8 Å². The molecule has 0 atom stereocenters. The summed E-state index contributed by atoms with van der Waals surface area (Å²) < 4.78 is 10.3. The molecular weight excluding hydrogens is 332 g/mol. The first-order valence-corrected chi connectivity index (χ1v) is 8.19. The number of amides is 1. The molecule has 0 radical (unpaired) electrons. The first-order valence-electron chi connectivity index (χ1n) is 8.19. The van der Waals surface area contributed by atoms with E-state index in [0.717, 1.165) is 16.6 Å². The molecule has 0 aliphatic heterocycles. The number of anilines is 1. The van der Waals surface area contributed by atoms with E-state index in [1.54, 1.807) is 37.3 Å². The van der Waals surface area contributed by atoms with Crippen LogP contribution < -0.4 is 10.1 Å². The zero-order valence-corrected chi connectivity index (χ0v) is 14.5. The van der Waals surface area contributed by atoms with Crippen molar-refractivity contribution in [3.05, 3.63) is 65.9 Å². The third-order valence-electron chi connectivity index (χ3n) is 3.65. The molecule has 0 aliphatic rings. The van der Waals surface area contributed by atoms with Gasteiger partial charge in [0.05, 0.1) is 17.7 Å². The third-order valence-corrected chi connectivity index (χ3v) is 3.65. The second kappa shape index (κ2) is 7.65. The highest BCUT2D eigenvalue weighted by atomic mass is 16.5. The maximum Gasteiger partial charge on any atom is 0.411 e. The predicted molar refractivity (Wildman–Crippen MR) is 98.5 cm³/mol. The smallest absolute Gasteiger partial charge is 0.411 e. The summed E-state index contributed by atoms with van der Waals surface area (Å²) in [5.41, 5.74) is 2.49. The number of nitrogens with one attached hydrogen (secondary N) is 1. The monoisotopic (exact) mass is 350 g/mol. The van der Waals surface area contributed by atoms with E-state index < -0.39 is 12.1 Å². The Hall–Kier alpha value is -3.41. The second-order valence-electron chi connectivity index (χ2n) is 5.59. The molecule has 0 saturated heterocycles. The van der Waals surface area contributed by atoms with E-state index in [4.69, 9.17) is 9.47 Å². The lowest BCUT2D eigenvalue weighted by molar-refractivity contribution is 0.0736. The molecule has 0 bridgehead atoms. The molecule has 6 nitrogen and oxygen atoms in total. The van der Waals surface area contributed by atoms with Crippen LogP contribution in [0, 0.1) is 6.92 Å². The van der Waals surface area contributed by atoms with Gasteiger partial charge in [-0.25, -0.2) is 9.59 Å². The third kappa shape index (κ3) is 3.97. The van der Waals surface area contributed by atoms with E-state index >= 15 is 0 Å².